The van der Waals surface area contributed by atoms with Crippen molar-refractivity contribution in [2.45, 2.75) is 32.4 Å². The van der Waals surface area contributed by atoms with E-state index in [1.54, 1.807) is 12.5 Å². The number of aryl methyl sites for hydroxylation is 1. The molecule has 0 fully saturated rings. The van der Waals surface area contributed by atoms with Gasteiger partial charge in [0.15, 0.2) is 0 Å². The van der Waals surface area contributed by atoms with Crippen molar-refractivity contribution in [2.75, 3.05) is 25.0 Å². The van der Waals surface area contributed by atoms with Gasteiger partial charge < -0.3 is 25.4 Å². The molecule has 1 aliphatic heterocycles. The zero-order chi connectivity index (χ0) is 20.8. The second-order valence-corrected chi connectivity index (χ2v) is 7.57. The number of aromatic nitrogens is 3. The van der Waals surface area contributed by atoms with E-state index >= 15 is 0 Å². The summed E-state index contributed by atoms with van der Waals surface area (Å²) in [5, 5.41) is 10.5. The number of fused-ring (bicyclic) bond motifs is 1. The molecule has 2 unspecified atom stereocenters. The highest BCUT2D eigenvalue weighted by Crippen LogP contribution is 2.28. The number of nitrogens with zero attached hydrogens (tertiary/aromatic N) is 4. The van der Waals surface area contributed by atoms with Crippen molar-refractivity contribution >= 4 is 23.0 Å². The minimum absolute atomic E-state index is 0.0110. The monoisotopic (exact) mass is 427 g/mol. The van der Waals surface area contributed by atoms with Gasteiger partial charge in [-0.1, -0.05) is 13.0 Å². The van der Waals surface area contributed by atoms with Gasteiger partial charge in [0.25, 0.3) is 0 Å². The van der Waals surface area contributed by atoms with Crippen molar-refractivity contribution < 1.29 is 9.47 Å². The van der Waals surface area contributed by atoms with Gasteiger partial charge in [0.2, 0.25) is 11.0 Å². The highest BCUT2D eigenvalue weighted by molar-refractivity contribution is 7.09. The van der Waals surface area contributed by atoms with E-state index in [0.29, 0.717) is 18.9 Å². The van der Waals surface area contributed by atoms with Crippen LogP contribution in [0.15, 0.2) is 46.9 Å². The molecule has 0 spiro atoms. The van der Waals surface area contributed by atoms with Crippen LogP contribution in [-0.4, -0.2) is 52.5 Å². The molecule has 2 aliphatic rings. The first-order chi connectivity index (χ1) is 14.7. The van der Waals surface area contributed by atoms with Crippen LogP contribution in [0, 0.1) is 6.92 Å². The topological polar surface area (TPSA) is 106 Å². The predicted molar refractivity (Wildman–Crippen MR) is 117 cm³/mol. The maximum atomic E-state index is 6.07. The van der Waals surface area contributed by atoms with Crippen LogP contribution in [0.1, 0.15) is 19.2 Å². The summed E-state index contributed by atoms with van der Waals surface area (Å²) in [5.74, 6) is 2.91. The zero-order valence-corrected chi connectivity index (χ0v) is 17.8. The lowest BCUT2D eigenvalue weighted by Gasteiger charge is -2.29. The normalized spacial score (nSPS) is 19.9. The van der Waals surface area contributed by atoms with Crippen LogP contribution < -0.4 is 25.4 Å². The van der Waals surface area contributed by atoms with Crippen molar-refractivity contribution in [2.24, 2.45) is 4.99 Å². The van der Waals surface area contributed by atoms with Gasteiger partial charge >= 0.3 is 0 Å². The van der Waals surface area contributed by atoms with Gasteiger partial charge in [-0.25, -0.2) is 9.97 Å². The Morgan fingerprint density at radius 3 is 3.00 bits per heavy atom. The largest absolute Gasteiger partial charge is 0.491 e. The molecule has 0 bridgehead atoms. The summed E-state index contributed by atoms with van der Waals surface area (Å²) in [5.41, 5.74) is 1.11. The lowest BCUT2D eigenvalue weighted by atomic mass is 9.93. The second-order valence-electron chi connectivity index (χ2n) is 6.82. The number of aliphatic imine (C=N–C) groups is 1. The van der Waals surface area contributed by atoms with E-state index in [2.05, 4.69) is 42.2 Å². The van der Waals surface area contributed by atoms with Crippen LogP contribution in [0.3, 0.4) is 0 Å². The summed E-state index contributed by atoms with van der Waals surface area (Å²) >= 11 is 1.33. The molecule has 10 heteroatoms. The summed E-state index contributed by atoms with van der Waals surface area (Å²) in [4.78, 5) is 13.2. The fourth-order valence-electron chi connectivity index (χ4n) is 3.16. The maximum Gasteiger partial charge on any atom is 0.214 e. The van der Waals surface area contributed by atoms with Gasteiger partial charge in [0, 0.05) is 36.1 Å². The third kappa shape index (κ3) is 5.14. The quantitative estimate of drug-likeness (QED) is 0.413. The molecule has 0 radical (unpaired) electrons. The van der Waals surface area contributed by atoms with E-state index in [-0.39, 0.29) is 12.1 Å². The molecular formula is C20H25N7O2S. The number of rotatable bonds is 9. The smallest absolute Gasteiger partial charge is 0.214 e. The SMILES string of the molecule is CCNCCOc1ccc(OC2C=CC3N=CNC(Nc4nc(C)ns4)=C3C2)nc1. The van der Waals surface area contributed by atoms with E-state index < -0.39 is 0 Å². The molecule has 0 amide bonds. The Morgan fingerprint density at radius 2 is 2.23 bits per heavy atom. The van der Waals surface area contributed by atoms with Crippen LogP contribution in [0.25, 0.3) is 0 Å². The Labute approximate surface area is 179 Å². The van der Waals surface area contributed by atoms with Crippen LogP contribution in [0.4, 0.5) is 5.13 Å². The number of anilines is 1. The summed E-state index contributed by atoms with van der Waals surface area (Å²) < 4.78 is 15.9. The van der Waals surface area contributed by atoms with Gasteiger partial charge in [-0.05, 0) is 25.6 Å². The lowest BCUT2D eigenvalue weighted by molar-refractivity contribution is 0.232. The molecular weight excluding hydrogens is 402 g/mol. The molecule has 2 aromatic heterocycles. The first-order valence-corrected chi connectivity index (χ1v) is 10.7. The average Bonchev–Trinajstić information content (AvgIpc) is 3.17. The zero-order valence-electron chi connectivity index (χ0n) is 17.0. The molecule has 4 rings (SSSR count). The first kappa shape index (κ1) is 20.3. The van der Waals surface area contributed by atoms with Crippen molar-refractivity contribution in [3.8, 4) is 11.6 Å². The minimum atomic E-state index is -0.132. The van der Waals surface area contributed by atoms with Gasteiger partial charge in [0.05, 0.1) is 18.6 Å². The van der Waals surface area contributed by atoms with Gasteiger partial charge in [-0.3, -0.25) is 4.99 Å². The summed E-state index contributed by atoms with van der Waals surface area (Å²) in [6.07, 6.45) is 8.03. The van der Waals surface area contributed by atoms with Crippen molar-refractivity contribution in [3.05, 3.63) is 47.7 Å². The van der Waals surface area contributed by atoms with Crippen LogP contribution >= 0.6 is 11.5 Å². The van der Waals surface area contributed by atoms with Crippen LogP contribution in [-0.2, 0) is 0 Å². The Morgan fingerprint density at radius 1 is 1.30 bits per heavy atom. The Hall–Kier alpha value is -2.98. The molecule has 9 nitrogen and oxygen atoms in total. The van der Waals surface area contributed by atoms with E-state index in [0.717, 1.165) is 41.2 Å². The molecule has 1 aliphatic carbocycles. The summed E-state index contributed by atoms with van der Waals surface area (Å²) in [6.45, 7) is 6.28. The summed E-state index contributed by atoms with van der Waals surface area (Å²) in [6, 6.07) is 3.69. The van der Waals surface area contributed by atoms with Crippen molar-refractivity contribution in [1.29, 1.82) is 0 Å². The van der Waals surface area contributed by atoms with Gasteiger partial charge in [-0.15, -0.1) is 0 Å². The third-order valence-corrected chi connectivity index (χ3v) is 5.31. The minimum Gasteiger partial charge on any atom is -0.491 e. The van der Waals surface area contributed by atoms with Gasteiger partial charge in [0.1, 0.15) is 30.1 Å². The molecule has 2 aromatic rings. The molecule has 2 atom stereocenters. The van der Waals surface area contributed by atoms with E-state index in [1.807, 2.05) is 31.2 Å². The molecule has 3 heterocycles. The Bertz CT molecular complexity index is 939. The maximum absolute atomic E-state index is 6.07. The fourth-order valence-corrected chi connectivity index (χ4v) is 3.74. The number of pyridine rings is 1. The van der Waals surface area contributed by atoms with E-state index in [4.69, 9.17) is 9.47 Å². The Balaban J connectivity index is 1.38. The third-order valence-electron chi connectivity index (χ3n) is 4.59. The number of hydrogen-bond acceptors (Lipinski definition) is 10. The number of hydrogen-bond donors (Lipinski definition) is 3. The number of likely N-dealkylation sites (N-methyl/N-ethyl adjacent to an activating group) is 1. The molecule has 0 saturated carbocycles. The summed E-state index contributed by atoms with van der Waals surface area (Å²) in [7, 11) is 0. The highest BCUT2D eigenvalue weighted by atomic mass is 32.1. The van der Waals surface area contributed by atoms with E-state index in [9.17, 15) is 0 Å². The molecule has 3 N–H and O–H groups in total. The molecule has 30 heavy (non-hydrogen) atoms. The van der Waals surface area contributed by atoms with Gasteiger partial charge in [-0.2, -0.15) is 4.37 Å². The second kappa shape index (κ2) is 9.68. The van der Waals surface area contributed by atoms with Crippen LogP contribution in [0.2, 0.25) is 0 Å². The standard InChI is InChI=1S/C20H25N7O2S/c1-3-21-8-9-28-15-5-7-18(22-11-15)29-14-4-6-17-16(10-14)19(24-12-23-17)26-20-25-13(2)27-30-20/h4-7,11-12,14,17,21H,3,8-10H2,1-2H3,(H,23,24)(H,25,26,27). The van der Waals surface area contributed by atoms with Crippen molar-refractivity contribution in [1.82, 2.24) is 25.0 Å². The lowest BCUT2D eigenvalue weighted by Crippen LogP contribution is -2.33. The number of nitrogens with one attached hydrogen (secondary N) is 3. The predicted octanol–water partition coefficient (Wildman–Crippen LogP) is 2.26. The number of ether oxygens (including phenoxy) is 2. The molecule has 158 valence electrons. The first-order valence-electron chi connectivity index (χ1n) is 9.94. The van der Waals surface area contributed by atoms with Crippen molar-refractivity contribution in [3.63, 3.8) is 0 Å². The average molecular weight is 428 g/mol. The fraction of sp³-hybridized carbons (Fsp3) is 0.400. The van der Waals surface area contributed by atoms with E-state index in [1.165, 1.54) is 11.5 Å². The van der Waals surface area contributed by atoms with Crippen LogP contribution in [0.5, 0.6) is 11.6 Å². The Kier molecular flexibility index (Phi) is 6.55. The molecule has 0 aromatic carbocycles. The highest BCUT2D eigenvalue weighted by Gasteiger charge is 2.27. The molecule has 0 saturated heterocycles.